The Balaban J connectivity index is 1.74. The van der Waals surface area contributed by atoms with Crippen molar-refractivity contribution < 1.29 is 19.1 Å². The van der Waals surface area contributed by atoms with Crippen molar-refractivity contribution in [3.63, 3.8) is 0 Å². The van der Waals surface area contributed by atoms with Crippen molar-refractivity contribution in [2.45, 2.75) is 12.6 Å². The Morgan fingerprint density at radius 1 is 1.12 bits per heavy atom. The zero-order valence-corrected chi connectivity index (χ0v) is 13.8. The van der Waals surface area contributed by atoms with Gasteiger partial charge in [0.1, 0.15) is 30.3 Å². The third kappa shape index (κ3) is 3.00. The molecule has 126 valence electrons. The number of methoxy groups -OCH3 is 1. The first-order chi connectivity index (χ1) is 11.6. The van der Waals surface area contributed by atoms with Crippen LogP contribution in [0.2, 0.25) is 0 Å². The van der Waals surface area contributed by atoms with Gasteiger partial charge in [0.2, 0.25) is 0 Å². The molecule has 1 heterocycles. The molecule has 1 aromatic heterocycles. The smallest absolute Gasteiger partial charge is 0.355 e. The topological polar surface area (TPSA) is 73.5 Å². The predicted octanol–water partition coefficient (Wildman–Crippen LogP) is 1.50. The molecule has 1 atom stereocenters. The lowest BCUT2D eigenvalue weighted by atomic mass is 10.3. The third-order valence-electron chi connectivity index (χ3n) is 4.05. The van der Waals surface area contributed by atoms with E-state index in [-0.39, 0.29) is 6.61 Å². The molecule has 2 aromatic carbocycles. The van der Waals surface area contributed by atoms with E-state index in [9.17, 15) is 5.11 Å². The summed E-state index contributed by atoms with van der Waals surface area (Å²) in [5.74, 6) is 1.84. The van der Waals surface area contributed by atoms with Crippen LogP contribution in [0.5, 0.6) is 11.5 Å². The molecule has 0 amide bonds. The van der Waals surface area contributed by atoms with Gasteiger partial charge in [0.05, 0.1) is 14.2 Å². The van der Waals surface area contributed by atoms with Gasteiger partial charge in [-0.25, -0.2) is 9.13 Å². The number of imidazole rings is 1. The molecule has 0 unspecified atom stereocenters. The van der Waals surface area contributed by atoms with Crippen molar-refractivity contribution in [1.82, 2.24) is 4.57 Å². The van der Waals surface area contributed by atoms with Gasteiger partial charge in [-0.2, -0.15) is 0 Å². The number of nitrogens with two attached hydrogens (primary N) is 1. The maximum atomic E-state index is 10.4. The zero-order valence-electron chi connectivity index (χ0n) is 13.8. The van der Waals surface area contributed by atoms with Crippen LogP contribution in [0.15, 0.2) is 48.5 Å². The molecule has 6 nitrogen and oxygen atoms in total. The quantitative estimate of drug-likeness (QED) is 0.673. The normalized spacial score (nSPS) is 12.3. The number of hydrogen-bond donors (Lipinski definition) is 2. The first-order valence-corrected chi connectivity index (χ1v) is 7.78. The number of benzene rings is 2. The summed E-state index contributed by atoms with van der Waals surface area (Å²) >= 11 is 0. The Bertz CT molecular complexity index is 845. The van der Waals surface area contributed by atoms with E-state index in [0.717, 1.165) is 11.0 Å². The summed E-state index contributed by atoms with van der Waals surface area (Å²) in [6.45, 7) is 0.498. The number of aliphatic hydroxyl groups is 1. The van der Waals surface area contributed by atoms with Crippen molar-refractivity contribution in [1.29, 1.82) is 0 Å². The predicted molar refractivity (Wildman–Crippen MR) is 92.0 cm³/mol. The molecule has 0 spiro atoms. The number of hydrogen-bond acceptors (Lipinski definition) is 4. The minimum atomic E-state index is -0.701. The number of rotatable bonds is 6. The van der Waals surface area contributed by atoms with Crippen molar-refractivity contribution in [3.8, 4) is 11.5 Å². The van der Waals surface area contributed by atoms with Gasteiger partial charge in [-0.15, -0.1) is 0 Å². The van der Waals surface area contributed by atoms with Gasteiger partial charge in [0.15, 0.2) is 11.5 Å². The molecule has 0 aliphatic rings. The van der Waals surface area contributed by atoms with E-state index < -0.39 is 6.10 Å². The van der Waals surface area contributed by atoms with Gasteiger partial charge in [-0.3, -0.25) is 5.73 Å². The van der Waals surface area contributed by atoms with Crippen molar-refractivity contribution in [2.24, 2.45) is 7.05 Å². The average Bonchev–Trinajstić information content (AvgIpc) is 2.85. The van der Waals surface area contributed by atoms with Crippen LogP contribution in [0, 0.1) is 0 Å². The fourth-order valence-electron chi connectivity index (χ4n) is 2.78. The standard InChI is InChI=1S/C18H21N3O3/c1-20-14-7-3-4-8-15(14)21(18(20)19)11-13(22)12-24-17-10-6-5-9-16(17)23-2/h3-10,13,19,22H,11-12H2,1-2H3/p+1/t13-/m0/s1. The van der Waals surface area contributed by atoms with E-state index in [4.69, 9.17) is 15.2 Å². The molecule has 3 aromatic rings. The van der Waals surface area contributed by atoms with E-state index in [2.05, 4.69) is 0 Å². The number of aliphatic hydroxyl groups excluding tert-OH is 1. The number of para-hydroxylation sites is 4. The van der Waals surface area contributed by atoms with Crippen LogP contribution in [0.4, 0.5) is 5.95 Å². The Kier molecular flexibility index (Phi) is 4.57. The molecular weight excluding hydrogens is 306 g/mol. The van der Waals surface area contributed by atoms with Crippen LogP contribution in [-0.4, -0.2) is 29.5 Å². The van der Waals surface area contributed by atoms with Crippen molar-refractivity contribution in [3.05, 3.63) is 48.5 Å². The van der Waals surface area contributed by atoms with E-state index in [1.807, 2.05) is 64.7 Å². The molecule has 3 N–H and O–H groups in total. The number of anilines is 1. The Hall–Kier alpha value is -2.73. The van der Waals surface area contributed by atoms with Gasteiger partial charge in [0.25, 0.3) is 0 Å². The molecule has 0 fully saturated rings. The molecule has 3 rings (SSSR count). The van der Waals surface area contributed by atoms with E-state index in [1.54, 1.807) is 7.11 Å². The highest BCUT2D eigenvalue weighted by Crippen LogP contribution is 2.26. The Labute approximate surface area is 140 Å². The summed E-state index contributed by atoms with van der Waals surface area (Å²) in [5, 5.41) is 10.4. The highest BCUT2D eigenvalue weighted by atomic mass is 16.5. The molecule has 0 aliphatic carbocycles. The van der Waals surface area contributed by atoms with E-state index in [1.165, 1.54) is 0 Å². The highest BCUT2D eigenvalue weighted by Gasteiger charge is 2.21. The molecule has 0 bridgehead atoms. The zero-order chi connectivity index (χ0) is 17.1. The van der Waals surface area contributed by atoms with Gasteiger partial charge < -0.3 is 14.6 Å². The SMILES string of the molecule is COc1ccccc1OC[C@@H](O)Cn1c(N)[n+](C)c2ccccc21. The fraction of sp³-hybridized carbons (Fsp3) is 0.278. The second-order valence-electron chi connectivity index (χ2n) is 5.63. The van der Waals surface area contributed by atoms with Crippen LogP contribution in [0.1, 0.15) is 0 Å². The summed E-state index contributed by atoms with van der Waals surface area (Å²) in [6.07, 6.45) is -0.701. The van der Waals surface area contributed by atoms with Gasteiger partial charge >= 0.3 is 5.95 Å². The minimum Gasteiger partial charge on any atom is -0.493 e. The minimum absolute atomic E-state index is 0.149. The van der Waals surface area contributed by atoms with Gasteiger partial charge in [0, 0.05) is 0 Å². The largest absolute Gasteiger partial charge is 0.493 e. The van der Waals surface area contributed by atoms with Crippen LogP contribution in [0.3, 0.4) is 0 Å². The molecule has 0 saturated carbocycles. The summed E-state index contributed by atoms with van der Waals surface area (Å²) in [4.78, 5) is 0. The van der Waals surface area contributed by atoms with Gasteiger partial charge in [-0.1, -0.05) is 24.3 Å². The fourth-order valence-corrected chi connectivity index (χ4v) is 2.78. The molecule has 0 aliphatic heterocycles. The molecule has 6 heteroatoms. The van der Waals surface area contributed by atoms with Crippen molar-refractivity contribution in [2.75, 3.05) is 19.5 Å². The average molecular weight is 328 g/mol. The third-order valence-corrected chi connectivity index (χ3v) is 4.05. The monoisotopic (exact) mass is 328 g/mol. The maximum Gasteiger partial charge on any atom is 0.355 e. The lowest BCUT2D eigenvalue weighted by Crippen LogP contribution is -2.33. The number of fused-ring (bicyclic) bond motifs is 1. The van der Waals surface area contributed by atoms with Crippen LogP contribution < -0.4 is 19.8 Å². The second-order valence-corrected chi connectivity index (χ2v) is 5.63. The molecular formula is C18H22N3O3+. The number of nitrogens with zero attached hydrogens (tertiary/aromatic N) is 2. The van der Waals surface area contributed by atoms with Crippen LogP contribution in [-0.2, 0) is 13.6 Å². The summed E-state index contributed by atoms with van der Waals surface area (Å²) in [5.41, 5.74) is 8.17. The maximum absolute atomic E-state index is 10.4. The lowest BCUT2D eigenvalue weighted by molar-refractivity contribution is -0.630. The second kappa shape index (κ2) is 6.80. The van der Waals surface area contributed by atoms with Crippen molar-refractivity contribution >= 4 is 17.0 Å². The number of aryl methyl sites for hydroxylation is 1. The first-order valence-electron chi connectivity index (χ1n) is 7.78. The first kappa shape index (κ1) is 16.1. The molecule has 0 saturated heterocycles. The summed E-state index contributed by atoms with van der Waals surface area (Å²) < 4.78 is 14.7. The van der Waals surface area contributed by atoms with E-state index in [0.29, 0.717) is 24.0 Å². The molecule has 0 radical (unpaired) electrons. The summed E-state index contributed by atoms with van der Waals surface area (Å²) in [6, 6.07) is 15.3. The van der Waals surface area contributed by atoms with Gasteiger partial charge in [-0.05, 0) is 24.3 Å². The highest BCUT2D eigenvalue weighted by molar-refractivity contribution is 5.73. The number of nitrogen functional groups attached to an aromatic ring is 1. The number of ether oxygens (including phenoxy) is 2. The number of aromatic nitrogens is 2. The lowest BCUT2D eigenvalue weighted by Gasteiger charge is -2.14. The van der Waals surface area contributed by atoms with E-state index >= 15 is 0 Å². The Morgan fingerprint density at radius 3 is 2.54 bits per heavy atom. The summed E-state index contributed by atoms with van der Waals surface area (Å²) in [7, 11) is 3.50. The Morgan fingerprint density at radius 2 is 1.79 bits per heavy atom. The van der Waals surface area contributed by atoms with Crippen LogP contribution in [0.25, 0.3) is 11.0 Å². The van der Waals surface area contributed by atoms with Crippen LogP contribution >= 0.6 is 0 Å². The molecule has 24 heavy (non-hydrogen) atoms.